The van der Waals surface area contributed by atoms with Gasteiger partial charge in [-0.15, -0.1) is 0 Å². The summed E-state index contributed by atoms with van der Waals surface area (Å²) in [5.74, 6) is -1.29. The zero-order valence-corrected chi connectivity index (χ0v) is 20.1. The zero-order chi connectivity index (χ0) is 24.5. The Kier molecular flexibility index (Phi) is 5.53. The number of esters is 1. The third-order valence-electron chi connectivity index (χ3n) is 9.01. The van der Waals surface area contributed by atoms with Crippen LogP contribution in [0.5, 0.6) is 0 Å². The van der Waals surface area contributed by atoms with Crippen molar-refractivity contribution in [2.75, 3.05) is 6.61 Å². The smallest absolute Gasteiger partial charge is 0.334 e. The van der Waals surface area contributed by atoms with Gasteiger partial charge in [0.15, 0.2) is 17.5 Å². The Hall–Kier alpha value is -2.25. The third kappa shape index (κ3) is 2.98. The molecule has 0 unspecified atom stereocenters. The lowest BCUT2D eigenvalue weighted by Gasteiger charge is -2.48. The highest BCUT2D eigenvalue weighted by Gasteiger charge is 2.76. The van der Waals surface area contributed by atoms with Gasteiger partial charge >= 0.3 is 5.97 Å². The fraction of sp³-hybridized carbons (Fsp3) is 0.654. The highest BCUT2D eigenvalue weighted by atomic mass is 16.6. The number of Topliss-reactive ketones (excluding diaryl/α,β-unsaturated/α-hetero) is 1. The van der Waals surface area contributed by atoms with E-state index in [1.165, 1.54) is 0 Å². The number of hydrogen-bond donors (Lipinski definition) is 2. The van der Waals surface area contributed by atoms with Gasteiger partial charge in [-0.05, 0) is 61.5 Å². The maximum atomic E-state index is 14.3. The van der Waals surface area contributed by atoms with Crippen molar-refractivity contribution in [2.45, 2.75) is 65.8 Å². The quantitative estimate of drug-likeness (QED) is 0.282. The molecule has 1 spiro atoms. The molecule has 0 saturated heterocycles. The van der Waals surface area contributed by atoms with Crippen molar-refractivity contribution >= 4 is 18.2 Å². The Morgan fingerprint density at radius 3 is 2.61 bits per heavy atom. The number of rotatable bonds is 5. The minimum Gasteiger partial charge on any atom is -0.463 e. The summed E-state index contributed by atoms with van der Waals surface area (Å²) in [7, 11) is 0. The van der Waals surface area contributed by atoms with E-state index in [0.29, 0.717) is 17.6 Å². The van der Waals surface area contributed by atoms with E-state index in [-0.39, 0.29) is 47.6 Å². The maximum Gasteiger partial charge on any atom is 0.334 e. The van der Waals surface area contributed by atoms with Crippen molar-refractivity contribution in [2.24, 2.45) is 34.5 Å². The average molecular weight is 459 g/mol. The van der Waals surface area contributed by atoms with Gasteiger partial charge < -0.3 is 19.7 Å². The van der Waals surface area contributed by atoms with E-state index in [9.17, 15) is 24.6 Å². The standard InChI is InChI=1S/C26H34O7/c1-7-13(2)23(30)33-22-14(3)10-25-15(4)8-18-19(24(18,5)6)17(21(25)29)9-16(11-32-12-27)20(28)26(22,25)31/h7,9-10,12,15,17-20,22,28,31H,8,11H2,1-6H3/t15-,17+,18-,19+,20-,22+,25+,26+/m1/s1. The molecular weight excluding hydrogens is 424 g/mol. The van der Waals surface area contributed by atoms with E-state index in [1.807, 2.05) is 6.92 Å². The Labute approximate surface area is 194 Å². The summed E-state index contributed by atoms with van der Waals surface area (Å²) in [6.07, 6.45) is 2.95. The van der Waals surface area contributed by atoms with Crippen LogP contribution in [0.4, 0.5) is 0 Å². The molecule has 4 aliphatic carbocycles. The van der Waals surface area contributed by atoms with Crippen LogP contribution in [-0.2, 0) is 23.9 Å². The molecule has 2 bridgehead atoms. The zero-order valence-electron chi connectivity index (χ0n) is 20.1. The van der Waals surface area contributed by atoms with Crippen molar-refractivity contribution in [1.29, 1.82) is 0 Å². The van der Waals surface area contributed by atoms with Crippen molar-refractivity contribution in [1.82, 2.24) is 0 Å². The van der Waals surface area contributed by atoms with Crippen molar-refractivity contribution in [3.63, 3.8) is 0 Å². The molecular formula is C26H34O7. The van der Waals surface area contributed by atoms with Crippen LogP contribution in [-0.4, -0.2) is 52.9 Å². The van der Waals surface area contributed by atoms with Gasteiger partial charge in [0.05, 0.1) is 5.41 Å². The average Bonchev–Trinajstić information content (AvgIpc) is 3.26. The van der Waals surface area contributed by atoms with E-state index >= 15 is 0 Å². The van der Waals surface area contributed by atoms with Gasteiger partial charge in [0.2, 0.25) is 0 Å². The molecule has 0 radical (unpaired) electrons. The summed E-state index contributed by atoms with van der Waals surface area (Å²) in [6.45, 7) is 11.3. The second-order valence-corrected chi connectivity index (χ2v) is 10.9. The molecule has 2 saturated carbocycles. The number of allylic oxidation sites excluding steroid dienone is 2. The molecule has 4 aliphatic rings. The maximum absolute atomic E-state index is 14.3. The number of carbonyl (C=O) groups is 3. The largest absolute Gasteiger partial charge is 0.463 e. The van der Waals surface area contributed by atoms with Crippen LogP contribution in [0.15, 0.2) is 34.9 Å². The number of aliphatic hydroxyl groups is 2. The second-order valence-electron chi connectivity index (χ2n) is 10.9. The van der Waals surface area contributed by atoms with E-state index in [4.69, 9.17) is 9.47 Å². The molecule has 0 aliphatic heterocycles. The molecule has 0 aromatic heterocycles. The predicted octanol–water partition coefficient (Wildman–Crippen LogP) is 2.51. The SMILES string of the molecule is CC=C(C)C(=O)O[C@H]1C(C)=C[C@]23C(=O)[C@@H](C=C(COC=O)[C@@H](O)[C@]12O)[C@H]1[C@@H](C[C@H]3C)C1(C)C. The fourth-order valence-electron chi connectivity index (χ4n) is 7.03. The van der Waals surface area contributed by atoms with Crippen LogP contribution in [0.25, 0.3) is 0 Å². The molecule has 8 atom stereocenters. The number of fused-ring (bicyclic) bond motifs is 3. The van der Waals surface area contributed by atoms with Crippen molar-refractivity contribution < 1.29 is 34.1 Å². The molecule has 33 heavy (non-hydrogen) atoms. The van der Waals surface area contributed by atoms with Crippen molar-refractivity contribution in [3.8, 4) is 0 Å². The van der Waals surface area contributed by atoms with Gasteiger partial charge in [-0.1, -0.05) is 39.0 Å². The van der Waals surface area contributed by atoms with Crippen molar-refractivity contribution in [3.05, 3.63) is 34.9 Å². The van der Waals surface area contributed by atoms with Gasteiger partial charge in [0.25, 0.3) is 6.47 Å². The Bertz CT molecular complexity index is 989. The molecule has 7 heteroatoms. The molecule has 0 heterocycles. The topological polar surface area (TPSA) is 110 Å². The predicted molar refractivity (Wildman–Crippen MR) is 120 cm³/mol. The fourth-order valence-corrected chi connectivity index (χ4v) is 7.03. The summed E-state index contributed by atoms with van der Waals surface area (Å²) >= 11 is 0. The Balaban J connectivity index is 1.91. The first-order chi connectivity index (χ1) is 15.4. The summed E-state index contributed by atoms with van der Waals surface area (Å²) in [4.78, 5) is 37.9. The van der Waals surface area contributed by atoms with Gasteiger partial charge in [-0.2, -0.15) is 0 Å². The van der Waals surface area contributed by atoms with Gasteiger partial charge in [0.1, 0.15) is 12.7 Å². The summed E-state index contributed by atoms with van der Waals surface area (Å²) in [5.41, 5.74) is -2.46. The van der Waals surface area contributed by atoms with E-state index in [0.717, 1.165) is 0 Å². The highest BCUT2D eigenvalue weighted by Crippen LogP contribution is 2.71. The lowest BCUT2D eigenvalue weighted by Crippen LogP contribution is -2.65. The molecule has 0 amide bonds. The Morgan fingerprint density at radius 1 is 1.33 bits per heavy atom. The lowest BCUT2D eigenvalue weighted by atomic mass is 9.59. The first-order valence-corrected chi connectivity index (χ1v) is 11.6. The van der Waals surface area contributed by atoms with E-state index < -0.39 is 35.1 Å². The van der Waals surface area contributed by atoms with Gasteiger partial charge in [0, 0.05) is 11.5 Å². The minimum absolute atomic E-state index is 0.0526. The molecule has 4 rings (SSSR count). The van der Waals surface area contributed by atoms with Crippen LogP contribution in [0.1, 0.15) is 48.0 Å². The number of carbonyl (C=O) groups excluding carboxylic acids is 3. The highest BCUT2D eigenvalue weighted by molar-refractivity contribution is 5.96. The Morgan fingerprint density at radius 2 is 2.00 bits per heavy atom. The molecule has 2 fully saturated rings. The van der Waals surface area contributed by atoms with Gasteiger partial charge in [-0.25, -0.2) is 4.79 Å². The molecule has 2 N–H and O–H groups in total. The number of hydrogen-bond acceptors (Lipinski definition) is 7. The summed E-state index contributed by atoms with van der Waals surface area (Å²) in [5, 5.41) is 24.0. The van der Waals surface area contributed by atoms with Crippen LogP contribution in [0, 0.1) is 34.5 Å². The van der Waals surface area contributed by atoms with Gasteiger partial charge in [-0.3, -0.25) is 9.59 Å². The first kappa shape index (κ1) is 23.9. The minimum atomic E-state index is -2.12. The third-order valence-corrected chi connectivity index (χ3v) is 9.01. The monoisotopic (exact) mass is 458 g/mol. The first-order valence-electron chi connectivity index (χ1n) is 11.6. The van der Waals surface area contributed by atoms with Crippen LogP contribution in [0.2, 0.25) is 0 Å². The molecule has 180 valence electrons. The number of ether oxygens (including phenoxy) is 2. The van der Waals surface area contributed by atoms with E-state index in [1.54, 1.807) is 39.0 Å². The molecule has 0 aromatic rings. The van der Waals surface area contributed by atoms with Crippen LogP contribution in [0.3, 0.4) is 0 Å². The number of ketones is 1. The number of aliphatic hydroxyl groups excluding tert-OH is 1. The molecule has 0 aromatic carbocycles. The summed E-state index contributed by atoms with van der Waals surface area (Å²) in [6, 6.07) is 0. The normalized spacial score (nSPS) is 43.3. The second kappa shape index (κ2) is 7.64. The van der Waals surface area contributed by atoms with E-state index in [2.05, 4.69) is 13.8 Å². The molecule has 7 nitrogen and oxygen atoms in total. The lowest BCUT2D eigenvalue weighted by molar-refractivity contribution is -0.201. The summed E-state index contributed by atoms with van der Waals surface area (Å²) < 4.78 is 10.7. The van der Waals surface area contributed by atoms with Crippen LogP contribution >= 0.6 is 0 Å². The van der Waals surface area contributed by atoms with Crippen LogP contribution < -0.4 is 0 Å².